The van der Waals surface area contributed by atoms with Gasteiger partial charge in [0.05, 0.1) is 4.75 Å². The van der Waals surface area contributed by atoms with E-state index in [0.717, 1.165) is 13.0 Å². The molecule has 1 aliphatic heterocycles. The van der Waals surface area contributed by atoms with Crippen molar-refractivity contribution in [3.8, 4) is 0 Å². The number of benzene rings is 1. The van der Waals surface area contributed by atoms with E-state index in [0.29, 0.717) is 38.6 Å². The molecule has 0 bridgehead atoms. The maximum absolute atomic E-state index is 12.4. The molecule has 158 valence electrons. The van der Waals surface area contributed by atoms with Crippen LogP contribution in [0.4, 0.5) is 0 Å². The third kappa shape index (κ3) is 5.95. The molecule has 7 heteroatoms. The Hall–Kier alpha value is -1.60. The van der Waals surface area contributed by atoms with Gasteiger partial charge in [-0.05, 0) is 35.8 Å². The highest BCUT2D eigenvalue weighted by molar-refractivity contribution is 7.92. The fourth-order valence-corrected chi connectivity index (χ4v) is 4.63. The van der Waals surface area contributed by atoms with E-state index in [1.807, 2.05) is 0 Å². The lowest BCUT2D eigenvalue weighted by Gasteiger charge is -2.35. The SMILES string of the molecule is CN=C(NCCc1ccc(C(C)(C)C)cc1)NCC1(S(C)(=O)=O)CCOCC1. The molecule has 0 aromatic heterocycles. The minimum absolute atomic E-state index is 0.155. The van der Waals surface area contributed by atoms with Gasteiger partial charge in [-0.1, -0.05) is 45.0 Å². The van der Waals surface area contributed by atoms with Crippen molar-refractivity contribution in [3.05, 3.63) is 35.4 Å². The molecule has 0 atom stereocenters. The first-order valence-corrected chi connectivity index (χ1v) is 11.8. The largest absolute Gasteiger partial charge is 0.381 e. The van der Waals surface area contributed by atoms with Gasteiger partial charge in [0.1, 0.15) is 0 Å². The van der Waals surface area contributed by atoms with Crippen LogP contribution in [0.1, 0.15) is 44.7 Å². The number of hydrogen-bond donors (Lipinski definition) is 2. The van der Waals surface area contributed by atoms with Crippen LogP contribution in [-0.2, 0) is 26.4 Å². The van der Waals surface area contributed by atoms with Crippen molar-refractivity contribution in [2.24, 2.45) is 4.99 Å². The van der Waals surface area contributed by atoms with Crippen LogP contribution >= 0.6 is 0 Å². The van der Waals surface area contributed by atoms with Gasteiger partial charge in [-0.3, -0.25) is 4.99 Å². The average molecular weight is 410 g/mol. The van der Waals surface area contributed by atoms with Crippen LogP contribution < -0.4 is 10.6 Å². The quantitative estimate of drug-likeness (QED) is 0.557. The molecular formula is C21H35N3O3S. The Kier molecular flexibility index (Phi) is 7.51. The lowest BCUT2D eigenvalue weighted by atomic mass is 9.86. The van der Waals surface area contributed by atoms with Gasteiger partial charge in [-0.25, -0.2) is 8.42 Å². The Bertz CT molecular complexity index is 759. The van der Waals surface area contributed by atoms with Crippen LogP contribution in [0, 0.1) is 0 Å². The molecule has 1 aliphatic rings. The molecule has 28 heavy (non-hydrogen) atoms. The topological polar surface area (TPSA) is 79.8 Å². The van der Waals surface area contributed by atoms with Gasteiger partial charge in [0.2, 0.25) is 0 Å². The number of nitrogens with one attached hydrogen (secondary N) is 2. The molecule has 1 fully saturated rings. The molecule has 0 radical (unpaired) electrons. The zero-order valence-corrected chi connectivity index (χ0v) is 18.7. The molecule has 1 aromatic rings. The summed E-state index contributed by atoms with van der Waals surface area (Å²) in [5.41, 5.74) is 2.74. The summed E-state index contributed by atoms with van der Waals surface area (Å²) in [6.07, 6.45) is 3.21. The summed E-state index contributed by atoms with van der Waals surface area (Å²) in [5, 5.41) is 6.49. The fourth-order valence-electron chi connectivity index (χ4n) is 3.38. The van der Waals surface area contributed by atoms with Crippen LogP contribution in [0.5, 0.6) is 0 Å². The molecular weight excluding hydrogens is 374 g/mol. The Labute approximate surface area is 170 Å². The highest BCUT2D eigenvalue weighted by Gasteiger charge is 2.42. The van der Waals surface area contributed by atoms with Crippen molar-refractivity contribution in [1.29, 1.82) is 0 Å². The lowest BCUT2D eigenvalue weighted by molar-refractivity contribution is 0.0756. The van der Waals surface area contributed by atoms with E-state index in [4.69, 9.17) is 4.74 Å². The van der Waals surface area contributed by atoms with E-state index in [9.17, 15) is 8.42 Å². The third-order valence-corrected chi connectivity index (χ3v) is 7.64. The van der Waals surface area contributed by atoms with Gasteiger partial charge in [0.15, 0.2) is 15.8 Å². The van der Waals surface area contributed by atoms with Crippen LogP contribution in [0.15, 0.2) is 29.3 Å². The van der Waals surface area contributed by atoms with E-state index in [1.54, 1.807) is 7.05 Å². The molecule has 2 rings (SSSR count). The fraction of sp³-hybridized carbons (Fsp3) is 0.667. The second kappa shape index (κ2) is 9.27. The predicted octanol–water partition coefficient (Wildman–Crippen LogP) is 2.29. The van der Waals surface area contributed by atoms with Crippen LogP contribution in [0.2, 0.25) is 0 Å². The second-order valence-corrected chi connectivity index (χ2v) is 11.0. The van der Waals surface area contributed by atoms with Crippen molar-refractivity contribution < 1.29 is 13.2 Å². The summed E-state index contributed by atoms with van der Waals surface area (Å²) in [6.45, 7) is 8.65. The molecule has 1 saturated heterocycles. The van der Waals surface area contributed by atoms with Crippen molar-refractivity contribution >= 4 is 15.8 Å². The van der Waals surface area contributed by atoms with Crippen LogP contribution in [0.25, 0.3) is 0 Å². The van der Waals surface area contributed by atoms with Gasteiger partial charge in [0.25, 0.3) is 0 Å². The molecule has 0 saturated carbocycles. The summed E-state index contributed by atoms with van der Waals surface area (Å²) in [6, 6.07) is 8.70. The number of ether oxygens (including phenoxy) is 1. The van der Waals surface area contributed by atoms with E-state index >= 15 is 0 Å². The van der Waals surface area contributed by atoms with E-state index in [2.05, 4.69) is 60.7 Å². The first-order valence-electron chi connectivity index (χ1n) is 9.89. The maximum atomic E-state index is 12.4. The van der Waals surface area contributed by atoms with Gasteiger partial charge in [-0.2, -0.15) is 0 Å². The number of guanidine groups is 1. The normalized spacial score (nSPS) is 18.0. The average Bonchev–Trinajstić information content (AvgIpc) is 2.64. The van der Waals surface area contributed by atoms with Gasteiger partial charge in [-0.15, -0.1) is 0 Å². The second-order valence-electron chi connectivity index (χ2n) is 8.62. The first-order chi connectivity index (χ1) is 13.1. The molecule has 0 aliphatic carbocycles. The van der Waals surface area contributed by atoms with E-state index < -0.39 is 14.6 Å². The van der Waals surface area contributed by atoms with Crippen molar-refractivity contribution in [1.82, 2.24) is 10.6 Å². The standard InChI is InChI=1S/C21H35N3O3S/c1-20(2,3)18-8-6-17(7-9-18)10-13-23-19(22-4)24-16-21(28(5,25)26)11-14-27-15-12-21/h6-9H,10-16H2,1-5H3,(H2,22,23,24). The van der Waals surface area contributed by atoms with Crippen LogP contribution in [-0.4, -0.2) is 58.7 Å². The lowest BCUT2D eigenvalue weighted by Crippen LogP contribution is -2.53. The highest BCUT2D eigenvalue weighted by Crippen LogP contribution is 2.28. The zero-order valence-electron chi connectivity index (χ0n) is 17.8. The first kappa shape index (κ1) is 22.7. The summed E-state index contributed by atoms with van der Waals surface area (Å²) in [4.78, 5) is 4.23. The molecule has 1 heterocycles. The Morgan fingerprint density at radius 2 is 1.75 bits per heavy atom. The maximum Gasteiger partial charge on any atom is 0.191 e. The van der Waals surface area contributed by atoms with Crippen molar-refractivity contribution in [2.75, 3.05) is 39.6 Å². The molecule has 0 amide bonds. The Morgan fingerprint density at radius 3 is 2.25 bits per heavy atom. The number of aliphatic imine (C=N–C) groups is 1. The van der Waals surface area contributed by atoms with Crippen molar-refractivity contribution in [2.45, 2.75) is 50.2 Å². The van der Waals surface area contributed by atoms with E-state index in [1.165, 1.54) is 17.4 Å². The van der Waals surface area contributed by atoms with Gasteiger partial charge >= 0.3 is 0 Å². The molecule has 1 aromatic carbocycles. The van der Waals surface area contributed by atoms with Gasteiger partial charge in [0, 0.05) is 39.6 Å². The Balaban J connectivity index is 1.87. The van der Waals surface area contributed by atoms with E-state index in [-0.39, 0.29) is 5.41 Å². The molecule has 0 spiro atoms. The van der Waals surface area contributed by atoms with Gasteiger partial charge < -0.3 is 15.4 Å². The summed E-state index contributed by atoms with van der Waals surface area (Å²) >= 11 is 0. The molecule has 6 nitrogen and oxygen atoms in total. The number of sulfone groups is 1. The minimum Gasteiger partial charge on any atom is -0.381 e. The summed E-state index contributed by atoms with van der Waals surface area (Å²) < 4.78 is 29.3. The number of rotatable bonds is 6. The minimum atomic E-state index is -3.20. The number of hydrogen-bond acceptors (Lipinski definition) is 4. The summed E-state index contributed by atoms with van der Waals surface area (Å²) in [5.74, 6) is 0.626. The smallest absolute Gasteiger partial charge is 0.191 e. The summed E-state index contributed by atoms with van der Waals surface area (Å²) in [7, 11) is -1.50. The molecule has 0 unspecified atom stereocenters. The monoisotopic (exact) mass is 409 g/mol. The third-order valence-electron chi connectivity index (χ3n) is 5.52. The predicted molar refractivity (Wildman–Crippen MR) is 116 cm³/mol. The Morgan fingerprint density at radius 1 is 1.14 bits per heavy atom. The zero-order chi connectivity index (χ0) is 20.8. The number of nitrogens with zero attached hydrogens (tertiary/aromatic N) is 1. The van der Waals surface area contributed by atoms with Crippen molar-refractivity contribution in [3.63, 3.8) is 0 Å². The molecule has 2 N–H and O–H groups in total. The highest BCUT2D eigenvalue weighted by atomic mass is 32.2. The van der Waals surface area contributed by atoms with Crippen LogP contribution in [0.3, 0.4) is 0 Å².